The first-order chi connectivity index (χ1) is 7.53. The van der Waals surface area contributed by atoms with Crippen molar-refractivity contribution in [1.82, 2.24) is 10.2 Å². The number of amides is 1. The van der Waals surface area contributed by atoms with Crippen LogP contribution in [0.2, 0.25) is 0 Å². The first-order valence-corrected chi connectivity index (χ1v) is 6.21. The quantitative estimate of drug-likeness (QED) is 0.718. The van der Waals surface area contributed by atoms with Crippen LogP contribution in [0.4, 0.5) is 0 Å². The van der Waals surface area contributed by atoms with Crippen LogP contribution in [0.5, 0.6) is 0 Å². The molecule has 2 aliphatic heterocycles. The standard InChI is InChI=1S/C12H22N2O2/c1-9-8-14(10(2)7-13-9)11(15)12(3)5-4-6-16-12/h9-10,13H,4-8H2,1-3H3. The summed E-state index contributed by atoms with van der Waals surface area (Å²) in [6.45, 7) is 8.53. The maximum absolute atomic E-state index is 12.5. The second-order valence-corrected chi connectivity index (χ2v) is 5.30. The third-order valence-corrected chi connectivity index (χ3v) is 3.70. The van der Waals surface area contributed by atoms with Gasteiger partial charge in [0.05, 0.1) is 0 Å². The zero-order chi connectivity index (χ0) is 11.8. The summed E-state index contributed by atoms with van der Waals surface area (Å²) in [5.41, 5.74) is -0.564. The summed E-state index contributed by atoms with van der Waals surface area (Å²) in [5, 5.41) is 3.38. The van der Waals surface area contributed by atoms with E-state index in [0.29, 0.717) is 6.04 Å². The van der Waals surface area contributed by atoms with Crippen molar-refractivity contribution in [2.75, 3.05) is 19.7 Å². The van der Waals surface area contributed by atoms with E-state index in [0.717, 1.165) is 32.5 Å². The van der Waals surface area contributed by atoms with E-state index >= 15 is 0 Å². The Labute approximate surface area is 97.3 Å². The number of piperazine rings is 1. The predicted octanol–water partition coefficient (Wildman–Crippen LogP) is 0.764. The van der Waals surface area contributed by atoms with Crippen LogP contribution < -0.4 is 5.32 Å². The molecule has 0 aromatic rings. The molecule has 0 aromatic heterocycles. The van der Waals surface area contributed by atoms with Crippen molar-refractivity contribution < 1.29 is 9.53 Å². The highest BCUT2D eigenvalue weighted by atomic mass is 16.5. The van der Waals surface area contributed by atoms with E-state index in [2.05, 4.69) is 19.2 Å². The van der Waals surface area contributed by atoms with Gasteiger partial charge in [0.25, 0.3) is 5.91 Å². The third kappa shape index (κ3) is 2.09. The van der Waals surface area contributed by atoms with Gasteiger partial charge >= 0.3 is 0 Å². The fourth-order valence-electron chi connectivity index (χ4n) is 2.56. The van der Waals surface area contributed by atoms with Crippen LogP contribution in [0, 0.1) is 0 Å². The van der Waals surface area contributed by atoms with Crippen molar-refractivity contribution in [3.63, 3.8) is 0 Å². The molecule has 1 N–H and O–H groups in total. The van der Waals surface area contributed by atoms with Crippen LogP contribution >= 0.6 is 0 Å². The Morgan fingerprint density at radius 1 is 1.50 bits per heavy atom. The minimum absolute atomic E-state index is 0.172. The molecule has 4 nitrogen and oxygen atoms in total. The number of hydrogen-bond donors (Lipinski definition) is 1. The fourth-order valence-corrected chi connectivity index (χ4v) is 2.56. The van der Waals surface area contributed by atoms with Gasteiger partial charge in [-0.1, -0.05) is 0 Å². The highest BCUT2D eigenvalue weighted by Crippen LogP contribution is 2.28. The number of carbonyl (C=O) groups is 1. The summed E-state index contributed by atoms with van der Waals surface area (Å²) in [7, 11) is 0. The Balaban J connectivity index is 2.07. The van der Waals surface area contributed by atoms with Gasteiger partial charge in [-0.15, -0.1) is 0 Å². The van der Waals surface area contributed by atoms with E-state index in [1.165, 1.54) is 0 Å². The van der Waals surface area contributed by atoms with Gasteiger partial charge in [0, 0.05) is 31.8 Å². The van der Waals surface area contributed by atoms with Crippen LogP contribution in [-0.4, -0.2) is 48.2 Å². The Morgan fingerprint density at radius 3 is 2.88 bits per heavy atom. The molecule has 0 aliphatic carbocycles. The van der Waals surface area contributed by atoms with Gasteiger partial charge in [-0.05, 0) is 33.6 Å². The van der Waals surface area contributed by atoms with Gasteiger partial charge in [-0.3, -0.25) is 4.79 Å². The van der Waals surface area contributed by atoms with Gasteiger partial charge in [-0.25, -0.2) is 0 Å². The van der Waals surface area contributed by atoms with E-state index in [-0.39, 0.29) is 11.9 Å². The molecule has 3 unspecified atom stereocenters. The molecular formula is C12H22N2O2. The van der Waals surface area contributed by atoms with Crippen molar-refractivity contribution in [3.8, 4) is 0 Å². The molecule has 2 aliphatic rings. The Morgan fingerprint density at radius 2 is 2.25 bits per heavy atom. The average Bonchev–Trinajstić information content (AvgIpc) is 2.69. The summed E-state index contributed by atoms with van der Waals surface area (Å²) in [5.74, 6) is 0.172. The zero-order valence-corrected chi connectivity index (χ0v) is 10.5. The largest absolute Gasteiger partial charge is 0.365 e. The van der Waals surface area contributed by atoms with Gasteiger partial charge in [0.2, 0.25) is 0 Å². The summed E-state index contributed by atoms with van der Waals surface area (Å²) in [4.78, 5) is 14.4. The Hall–Kier alpha value is -0.610. The van der Waals surface area contributed by atoms with Crippen molar-refractivity contribution in [3.05, 3.63) is 0 Å². The lowest BCUT2D eigenvalue weighted by Gasteiger charge is -2.41. The molecule has 4 heteroatoms. The molecule has 0 saturated carbocycles. The molecular weight excluding hydrogens is 204 g/mol. The van der Waals surface area contributed by atoms with E-state index in [1.807, 2.05) is 11.8 Å². The topological polar surface area (TPSA) is 41.6 Å². The number of nitrogens with zero attached hydrogens (tertiary/aromatic N) is 1. The third-order valence-electron chi connectivity index (χ3n) is 3.70. The highest BCUT2D eigenvalue weighted by molar-refractivity contribution is 5.85. The van der Waals surface area contributed by atoms with Crippen LogP contribution in [0.3, 0.4) is 0 Å². The lowest BCUT2D eigenvalue weighted by Crippen LogP contribution is -2.60. The van der Waals surface area contributed by atoms with Crippen LogP contribution in [0.25, 0.3) is 0 Å². The Bertz CT molecular complexity index is 274. The molecule has 0 spiro atoms. The summed E-state index contributed by atoms with van der Waals surface area (Å²) < 4.78 is 5.63. The molecule has 0 aromatic carbocycles. The van der Waals surface area contributed by atoms with Gasteiger partial charge in [-0.2, -0.15) is 0 Å². The van der Waals surface area contributed by atoms with Crippen molar-refractivity contribution in [2.45, 2.75) is 51.3 Å². The zero-order valence-electron chi connectivity index (χ0n) is 10.5. The number of carbonyl (C=O) groups excluding carboxylic acids is 1. The van der Waals surface area contributed by atoms with Gasteiger partial charge in [0.15, 0.2) is 0 Å². The molecule has 2 fully saturated rings. The first kappa shape index (κ1) is 11.9. The number of ether oxygens (including phenoxy) is 1. The molecule has 3 atom stereocenters. The van der Waals surface area contributed by atoms with Crippen LogP contribution in [0.15, 0.2) is 0 Å². The van der Waals surface area contributed by atoms with Crippen molar-refractivity contribution in [2.24, 2.45) is 0 Å². The number of nitrogens with one attached hydrogen (secondary N) is 1. The minimum Gasteiger partial charge on any atom is -0.365 e. The second kappa shape index (κ2) is 4.34. The monoisotopic (exact) mass is 226 g/mol. The Kier molecular flexibility index (Phi) is 3.22. The average molecular weight is 226 g/mol. The fraction of sp³-hybridized carbons (Fsp3) is 0.917. The highest BCUT2D eigenvalue weighted by Gasteiger charge is 2.42. The van der Waals surface area contributed by atoms with E-state index in [1.54, 1.807) is 0 Å². The summed E-state index contributed by atoms with van der Waals surface area (Å²) in [6.07, 6.45) is 1.86. The molecule has 2 saturated heterocycles. The second-order valence-electron chi connectivity index (χ2n) is 5.30. The summed E-state index contributed by atoms with van der Waals surface area (Å²) in [6, 6.07) is 0.648. The number of hydrogen-bond acceptors (Lipinski definition) is 3. The molecule has 92 valence electrons. The molecule has 0 bridgehead atoms. The molecule has 2 rings (SSSR count). The van der Waals surface area contributed by atoms with E-state index in [9.17, 15) is 4.79 Å². The van der Waals surface area contributed by atoms with Crippen LogP contribution in [-0.2, 0) is 9.53 Å². The molecule has 16 heavy (non-hydrogen) atoms. The summed E-state index contributed by atoms with van der Waals surface area (Å²) >= 11 is 0. The van der Waals surface area contributed by atoms with Crippen LogP contribution in [0.1, 0.15) is 33.6 Å². The van der Waals surface area contributed by atoms with Gasteiger partial charge < -0.3 is 15.0 Å². The molecule has 1 amide bonds. The SMILES string of the molecule is CC1CN(C(=O)C2(C)CCCO2)C(C)CN1. The smallest absolute Gasteiger partial charge is 0.254 e. The van der Waals surface area contributed by atoms with E-state index in [4.69, 9.17) is 4.74 Å². The number of rotatable bonds is 1. The maximum atomic E-state index is 12.5. The molecule has 2 heterocycles. The lowest BCUT2D eigenvalue weighted by atomic mass is 9.98. The predicted molar refractivity (Wildman–Crippen MR) is 62.2 cm³/mol. The van der Waals surface area contributed by atoms with E-state index < -0.39 is 5.60 Å². The normalized spacial score (nSPS) is 40.1. The van der Waals surface area contributed by atoms with Crippen molar-refractivity contribution >= 4 is 5.91 Å². The minimum atomic E-state index is -0.564. The van der Waals surface area contributed by atoms with Gasteiger partial charge in [0.1, 0.15) is 5.60 Å². The first-order valence-electron chi connectivity index (χ1n) is 6.21. The maximum Gasteiger partial charge on any atom is 0.254 e. The lowest BCUT2D eigenvalue weighted by molar-refractivity contribution is -0.154. The van der Waals surface area contributed by atoms with Crippen molar-refractivity contribution in [1.29, 1.82) is 0 Å². The molecule has 0 radical (unpaired) electrons.